The number of carbonyl (C=O) groups excluding carboxylic acids is 2. The SMILES string of the molecule is CCc1cccc(-c2cnc3c(c2)N(C(=O)CNCC2CC2)C(C)C3=O)c1. The van der Waals surface area contributed by atoms with Crippen molar-refractivity contribution in [2.75, 3.05) is 18.0 Å². The van der Waals surface area contributed by atoms with Crippen molar-refractivity contribution in [2.24, 2.45) is 5.92 Å². The highest BCUT2D eigenvalue weighted by Crippen LogP contribution is 2.34. The number of nitrogens with zero attached hydrogens (tertiary/aromatic N) is 2. The van der Waals surface area contributed by atoms with Gasteiger partial charge in [-0.05, 0) is 55.8 Å². The number of hydrogen-bond acceptors (Lipinski definition) is 4. The smallest absolute Gasteiger partial charge is 0.241 e. The predicted molar refractivity (Wildman–Crippen MR) is 106 cm³/mol. The standard InChI is InChI=1S/C22H25N3O2/c1-3-15-5-4-6-17(9-15)18-10-19-21(24-12-18)22(27)14(2)25(19)20(26)13-23-11-16-7-8-16/h4-6,9-10,12,14,16,23H,3,7-8,11,13H2,1-2H3. The molecular weight excluding hydrogens is 338 g/mol. The van der Waals surface area contributed by atoms with Crippen LogP contribution in [0.25, 0.3) is 11.1 Å². The highest BCUT2D eigenvalue weighted by Gasteiger charge is 2.39. The summed E-state index contributed by atoms with van der Waals surface area (Å²) >= 11 is 0. The van der Waals surface area contributed by atoms with E-state index < -0.39 is 6.04 Å². The van der Waals surface area contributed by atoms with Gasteiger partial charge in [-0.3, -0.25) is 19.5 Å². The molecule has 1 atom stereocenters. The van der Waals surface area contributed by atoms with Crippen LogP contribution >= 0.6 is 0 Å². The average Bonchev–Trinajstić information content (AvgIpc) is 3.48. The Kier molecular flexibility index (Phi) is 4.79. The summed E-state index contributed by atoms with van der Waals surface area (Å²) in [5.41, 5.74) is 4.25. The van der Waals surface area contributed by atoms with Crippen molar-refractivity contribution in [3.05, 3.63) is 47.8 Å². The number of rotatable bonds is 6. The first-order chi connectivity index (χ1) is 13.1. The normalized spacial score (nSPS) is 18.7. The van der Waals surface area contributed by atoms with Crippen molar-refractivity contribution in [3.8, 4) is 11.1 Å². The second-order valence-electron chi connectivity index (χ2n) is 7.52. The molecule has 1 N–H and O–H groups in total. The second-order valence-corrected chi connectivity index (χ2v) is 7.52. The molecule has 1 fully saturated rings. The molecule has 2 aromatic rings. The van der Waals surface area contributed by atoms with Crippen LogP contribution in [0.15, 0.2) is 36.5 Å². The summed E-state index contributed by atoms with van der Waals surface area (Å²) in [6, 6.07) is 9.72. The number of carbonyl (C=O) groups is 2. The lowest BCUT2D eigenvalue weighted by atomic mass is 10.0. The fraction of sp³-hybridized carbons (Fsp3) is 0.409. The van der Waals surface area contributed by atoms with E-state index in [0.717, 1.165) is 24.1 Å². The van der Waals surface area contributed by atoms with Crippen LogP contribution in [0.5, 0.6) is 0 Å². The van der Waals surface area contributed by atoms with Gasteiger partial charge in [-0.15, -0.1) is 0 Å². The van der Waals surface area contributed by atoms with E-state index >= 15 is 0 Å². The topological polar surface area (TPSA) is 62.3 Å². The Hall–Kier alpha value is -2.53. The minimum atomic E-state index is -0.500. The molecule has 2 aliphatic rings. The third-order valence-electron chi connectivity index (χ3n) is 5.47. The van der Waals surface area contributed by atoms with Gasteiger partial charge in [0.1, 0.15) is 5.69 Å². The summed E-state index contributed by atoms with van der Waals surface area (Å²) < 4.78 is 0. The number of Topliss-reactive ketones (excluding diaryl/α,β-unsaturated/α-hetero) is 1. The zero-order chi connectivity index (χ0) is 19.0. The summed E-state index contributed by atoms with van der Waals surface area (Å²) in [6.45, 7) is 5.02. The van der Waals surface area contributed by atoms with Crippen molar-refractivity contribution in [1.82, 2.24) is 10.3 Å². The molecule has 1 aliphatic heterocycles. The molecule has 4 rings (SSSR count). The number of aromatic nitrogens is 1. The third kappa shape index (κ3) is 3.52. The lowest BCUT2D eigenvalue weighted by Crippen LogP contribution is -2.43. The number of nitrogens with one attached hydrogen (secondary N) is 1. The summed E-state index contributed by atoms with van der Waals surface area (Å²) in [4.78, 5) is 31.4. The highest BCUT2D eigenvalue weighted by atomic mass is 16.2. The molecule has 1 aliphatic carbocycles. The van der Waals surface area contributed by atoms with Crippen LogP contribution in [-0.2, 0) is 11.2 Å². The quantitative estimate of drug-likeness (QED) is 0.856. The van der Waals surface area contributed by atoms with E-state index in [2.05, 4.69) is 29.4 Å². The first-order valence-corrected chi connectivity index (χ1v) is 9.74. The lowest BCUT2D eigenvalue weighted by molar-refractivity contribution is -0.118. The van der Waals surface area contributed by atoms with Crippen LogP contribution < -0.4 is 10.2 Å². The Morgan fingerprint density at radius 3 is 2.81 bits per heavy atom. The highest BCUT2D eigenvalue weighted by molar-refractivity contribution is 6.17. The molecule has 1 saturated carbocycles. The van der Waals surface area contributed by atoms with Crippen molar-refractivity contribution >= 4 is 17.4 Å². The summed E-state index contributed by atoms with van der Waals surface area (Å²) in [7, 11) is 0. The molecule has 27 heavy (non-hydrogen) atoms. The van der Waals surface area contributed by atoms with E-state index in [1.165, 1.54) is 18.4 Å². The number of amides is 1. The summed E-state index contributed by atoms with van der Waals surface area (Å²) in [6.07, 6.45) is 5.18. The van der Waals surface area contributed by atoms with Crippen LogP contribution in [0.2, 0.25) is 0 Å². The second kappa shape index (κ2) is 7.24. The van der Waals surface area contributed by atoms with Gasteiger partial charge in [0.25, 0.3) is 0 Å². The van der Waals surface area contributed by atoms with Gasteiger partial charge in [-0.2, -0.15) is 0 Å². The van der Waals surface area contributed by atoms with E-state index in [9.17, 15) is 9.59 Å². The summed E-state index contributed by atoms with van der Waals surface area (Å²) in [5, 5.41) is 3.23. The number of aryl methyl sites for hydroxylation is 1. The largest absolute Gasteiger partial charge is 0.308 e. The Morgan fingerprint density at radius 1 is 1.26 bits per heavy atom. The van der Waals surface area contributed by atoms with Crippen molar-refractivity contribution in [1.29, 1.82) is 0 Å². The van der Waals surface area contributed by atoms with Crippen molar-refractivity contribution in [3.63, 3.8) is 0 Å². The van der Waals surface area contributed by atoms with Crippen molar-refractivity contribution < 1.29 is 9.59 Å². The van der Waals surface area contributed by atoms with Crippen LogP contribution in [0, 0.1) is 5.92 Å². The zero-order valence-electron chi connectivity index (χ0n) is 15.9. The zero-order valence-corrected chi connectivity index (χ0v) is 15.9. The van der Waals surface area contributed by atoms with E-state index in [0.29, 0.717) is 17.3 Å². The van der Waals surface area contributed by atoms with Gasteiger partial charge in [-0.25, -0.2) is 0 Å². The Balaban J connectivity index is 1.62. The minimum Gasteiger partial charge on any atom is -0.308 e. The molecule has 0 spiro atoms. The Morgan fingerprint density at radius 2 is 2.07 bits per heavy atom. The fourth-order valence-electron chi connectivity index (χ4n) is 3.62. The number of ketones is 1. The third-order valence-corrected chi connectivity index (χ3v) is 5.47. The number of fused-ring (bicyclic) bond motifs is 1. The molecule has 140 valence electrons. The van der Waals surface area contributed by atoms with Gasteiger partial charge < -0.3 is 5.32 Å². The maximum atomic E-state index is 12.8. The van der Waals surface area contributed by atoms with E-state index in [-0.39, 0.29) is 18.2 Å². The molecule has 0 bridgehead atoms. The number of anilines is 1. The van der Waals surface area contributed by atoms with Gasteiger partial charge in [0.05, 0.1) is 18.3 Å². The first-order valence-electron chi connectivity index (χ1n) is 9.74. The van der Waals surface area contributed by atoms with Gasteiger partial charge in [0.2, 0.25) is 11.7 Å². The molecule has 1 unspecified atom stereocenters. The average molecular weight is 363 g/mol. The summed E-state index contributed by atoms with van der Waals surface area (Å²) in [5.74, 6) is 0.549. The molecule has 0 saturated heterocycles. The molecular formula is C22H25N3O2. The predicted octanol–water partition coefficient (Wildman–Crippen LogP) is 3.23. The minimum absolute atomic E-state index is 0.0727. The van der Waals surface area contributed by atoms with Crippen LogP contribution in [0.1, 0.15) is 42.7 Å². The fourth-order valence-corrected chi connectivity index (χ4v) is 3.62. The van der Waals surface area contributed by atoms with Gasteiger partial charge in [0.15, 0.2) is 0 Å². The van der Waals surface area contributed by atoms with E-state index in [4.69, 9.17) is 0 Å². The number of pyridine rings is 1. The van der Waals surface area contributed by atoms with Crippen molar-refractivity contribution in [2.45, 2.75) is 39.2 Å². The Labute approximate surface area is 159 Å². The maximum Gasteiger partial charge on any atom is 0.241 e. The molecule has 1 aromatic carbocycles. The van der Waals surface area contributed by atoms with Crippen LogP contribution in [-0.4, -0.2) is 35.8 Å². The van der Waals surface area contributed by atoms with Crippen LogP contribution in [0.4, 0.5) is 5.69 Å². The number of benzene rings is 1. The maximum absolute atomic E-state index is 12.8. The van der Waals surface area contributed by atoms with Gasteiger partial charge in [-0.1, -0.05) is 31.2 Å². The van der Waals surface area contributed by atoms with Gasteiger partial charge >= 0.3 is 0 Å². The number of hydrogen-bond donors (Lipinski definition) is 1. The van der Waals surface area contributed by atoms with E-state index in [1.54, 1.807) is 18.0 Å². The Bertz CT molecular complexity index is 889. The van der Waals surface area contributed by atoms with Crippen LogP contribution in [0.3, 0.4) is 0 Å². The monoisotopic (exact) mass is 363 g/mol. The molecule has 5 heteroatoms. The molecule has 1 amide bonds. The molecule has 5 nitrogen and oxygen atoms in total. The lowest BCUT2D eigenvalue weighted by Gasteiger charge is -2.22. The van der Waals surface area contributed by atoms with Gasteiger partial charge in [0, 0.05) is 11.8 Å². The molecule has 0 radical (unpaired) electrons. The first kappa shape index (κ1) is 17.9. The van der Waals surface area contributed by atoms with E-state index in [1.807, 2.05) is 18.2 Å². The molecule has 1 aromatic heterocycles. The molecule has 2 heterocycles.